The fraction of sp³-hybridized carbons (Fsp3) is 0.259. The number of hydrogen-bond acceptors (Lipinski definition) is 4. The van der Waals surface area contributed by atoms with E-state index in [0.717, 1.165) is 26.3 Å². The van der Waals surface area contributed by atoms with Gasteiger partial charge in [-0.05, 0) is 41.5 Å². The number of rotatable bonds is 11. The summed E-state index contributed by atoms with van der Waals surface area (Å²) in [4.78, 5) is 28.4. The fourth-order valence-corrected chi connectivity index (χ4v) is 5.11. The van der Waals surface area contributed by atoms with Gasteiger partial charge in [0, 0.05) is 39.1 Å². The number of carbonyl (C=O) groups excluding carboxylic acids is 2. The Morgan fingerprint density at radius 1 is 0.947 bits per heavy atom. The summed E-state index contributed by atoms with van der Waals surface area (Å²) >= 11 is 6.39. The molecule has 0 radical (unpaired) electrons. The number of amides is 2. The first kappa shape index (κ1) is 29.1. The van der Waals surface area contributed by atoms with Gasteiger partial charge in [0.1, 0.15) is 18.4 Å². The van der Waals surface area contributed by atoms with Gasteiger partial charge in [0.05, 0.1) is 5.69 Å². The van der Waals surface area contributed by atoms with Crippen molar-refractivity contribution in [2.45, 2.75) is 19.0 Å². The molecule has 8 nitrogen and oxygen atoms in total. The highest BCUT2D eigenvalue weighted by molar-refractivity contribution is 7.90. The Labute approximate surface area is 227 Å². The van der Waals surface area contributed by atoms with Crippen molar-refractivity contribution in [2.24, 2.45) is 0 Å². The van der Waals surface area contributed by atoms with Crippen LogP contribution in [-0.2, 0) is 32.8 Å². The lowest BCUT2D eigenvalue weighted by Gasteiger charge is -2.34. The molecule has 0 aromatic heterocycles. The van der Waals surface area contributed by atoms with E-state index < -0.39 is 40.4 Å². The molecule has 0 aliphatic rings. The second-order valence-corrected chi connectivity index (χ2v) is 11.2. The quantitative estimate of drug-likeness (QED) is 0.389. The molecule has 1 atom stereocenters. The first-order valence-corrected chi connectivity index (χ1v) is 13.6. The molecule has 0 fully saturated rings. The van der Waals surface area contributed by atoms with Crippen LogP contribution in [0, 0.1) is 5.82 Å². The number of benzene rings is 3. The van der Waals surface area contributed by atoms with Gasteiger partial charge in [-0.15, -0.1) is 0 Å². The molecule has 3 aromatic rings. The van der Waals surface area contributed by atoms with Gasteiger partial charge in [0.2, 0.25) is 11.8 Å². The Kier molecular flexibility index (Phi) is 9.84. The zero-order valence-electron chi connectivity index (χ0n) is 21.3. The molecule has 38 heavy (non-hydrogen) atoms. The third-order valence-corrected chi connectivity index (χ3v) is 8.14. The van der Waals surface area contributed by atoms with Gasteiger partial charge >= 0.3 is 10.2 Å². The number of anilines is 1. The third kappa shape index (κ3) is 7.09. The molecular formula is C27H30ClFN4O4S. The number of likely N-dealkylation sites (N-methyl/N-ethyl adjacent to an activating group) is 1. The van der Waals surface area contributed by atoms with E-state index in [1.807, 2.05) is 30.3 Å². The minimum atomic E-state index is -4.15. The van der Waals surface area contributed by atoms with E-state index in [1.54, 1.807) is 24.3 Å². The van der Waals surface area contributed by atoms with Crippen molar-refractivity contribution in [3.05, 3.63) is 101 Å². The zero-order chi connectivity index (χ0) is 27.9. The molecule has 11 heteroatoms. The molecule has 0 aliphatic heterocycles. The minimum Gasteiger partial charge on any atom is -0.357 e. The second-order valence-electron chi connectivity index (χ2n) is 8.71. The summed E-state index contributed by atoms with van der Waals surface area (Å²) < 4.78 is 41.9. The topological polar surface area (TPSA) is 90.0 Å². The lowest BCUT2D eigenvalue weighted by molar-refractivity contribution is -0.139. The lowest BCUT2D eigenvalue weighted by atomic mass is 10.0. The van der Waals surface area contributed by atoms with Crippen LogP contribution in [0.5, 0.6) is 0 Å². The smallest absolute Gasteiger partial charge is 0.304 e. The first-order valence-electron chi connectivity index (χ1n) is 11.8. The van der Waals surface area contributed by atoms with Crippen LogP contribution in [-0.4, -0.2) is 63.2 Å². The molecule has 202 valence electrons. The van der Waals surface area contributed by atoms with E-state index in [4.69, 9.17) is 11.6 Å². The van der Waals surface area contributed by atoms with Crippen LogP contribution in [0.25, 0.3) is 0 Å². The molecule has 3 rings (SSSR count). The molecule has 2 amide bonds. The van der Waals surface area contributed by atoms with Gasteiger partial charge in [0.15, 0.2) is 0 Å². The summed E-state index contributed by atoms with van der Waals surface area (Å²) in [6, 6.07) is 19.9. The molecular weight excluding hydrogens is 531 g/mol. The van der Waals surface area contributed by atoms with Gasteiger partial charge in [0.25, 0.3) is 0 Å². The predicted octanol–water partition coefficient (Wildman–Crippen LogP) is 3.48. The molecule has 0 spiro atoms. The molecule has 1 unspecified atom stereocenters. The van der Waals surface area contributed by atoms with Crippen molar-refractivity contribution in [2.75, 3.05) is 32.0 Å². The Morgan fingerprint density at radius 2 is 1.55 bits per heavy atom. The summed E-state index contributed by atoms with van der Waals surface area (Å²) in [6.45, 7) is -0.665. The van der Waals surface area contributed by atoms with Crippen molar-refractivity contribution >= 4 is 39.3 Å². The fourth-order valence-electron chi connectivity index (χ4n) is 3.85. The van der Waals surface area contributed by atoms with Crippen LogP contribution in [0.3, 0.4) is 0 Å². The Hall–Kier alpha value is -3.47. The van der Waals surface area contributed by atoms with E-state index in [9.17, 15) is 22.4 Å². The number of nitrogens with zero attached hydrogens (tertiary/aromatic N) is 3. The Balaban J connectivity index is 2.07. The molecule has 3 aromatic carbocycles. The molecule has 0 saturated heterocycles. The highest BCUT2D eigenvalue weighted by Crippen LogP contribution is 2.24. The highest BCUT2D eigenvalue weighted by Gasteiger charge is 2.34. The number of nitrogens with one attached hydrogen (secondary N) is 1. The van der Waals surface area contributed by atoms with Gasteiger partial charge < -0.3 is 10.2 Å². The Morgan fingerprint density at radius 3 is 2.13 bits per heavy atom. The molecule has 0 aliphatic carbocycles. The number of hydrogen-bond donors (Lipinski definition) is 1. The number of carbonyl (C=O) groups is 2. The van der Waals surface area contributed by atoms with E-state index in [-0.39, 0.29) is 18.7 Å². The van der Waals surface area contributed by atoms with Crippen LogP contribution in [0.2, 0.25) is 5.02 Å². The van der Waals surface area contributed by atoms with E-state index >= 15 is 0 Å². The minimum absolute atomic E-state index is 0.0390. The van der Waals surface area contributed by atoms with E-state index in [1.165, 1.54) is 38.2 Å². The Bertz CT molecular complexity index is 1360. The lowest BCUT2D eigenvalue weighted by Crippen LogP contribution is -2.53. The summed E-state index contributed by atoms with van der Waals surface area (Å²) in [5.41, 5.74) is 1.51. The van der Waals surface area contributed by atoms with Crippen molar-refractivity contribution in [3.63, 3.8) is 0 Å². The van der Waals surface area contributed by atoms with Crippen LogP contribution < -0.4 is 9.62 Å². The average Bonchev–Trinajstić information content (AvgIpc) is 2.90. The van der Waals surface area contributed by atoms with E-state index in [2.05, 4.69) is 5.32 Å². The summed E-state index contributed by atoms with van der Waals surface area (Å²) in [7, 11) is -0.0149. The third-order valence-electron chi connectivity index (χ3n) is 5.95. The van der Waals surface area contributed by atoms with Gasteiger partial charge in [-0.1, -0.05) is 60.1 Å². The van der Waals surface area contributed by atoms with Crippen LogP contribution in [0.15, 0.2) is 78.9 Å². The van der Waals surface area contributed by atoms with Crippen LogP contribution in [0.1, 0.15) is 11.1 Å². The van der Waals surface area contributed by atoms with Gasteiger partial charge in [-0.25, -0.2) is 8.70 Å². The number of halogens is 2. The van der Waals surface area contributed by atoms with Crippen molar-refractivity contribution in [3.8, 4) is 0 Å². The first-order chi connectivity index (χ1) is 18.0. The maximum Gasteiger partial charge on any atom is 0.304 e. The molecule has 0 bridgehead atoms. The molecule has 0 saturated carbocycles. The monoisotopic (exact) mass is 560 g/mol. The summed E-state index contributed by atoms with van der Waals surface area (Å²) in [5, 5.41) is 3.01. The zero-order valence-corrected chi connectivity index (χ0v) is 22.9. The second kappa shape index (κ2) is 12.9. The van der Waals surface area contributed by atoms with Crippen molar-refractivity contribution in [1.29, 1.82) is 0 Å². The van der Waals surface area contributed by atoms with Crippen molar-refractivity contribution in [1.82, 2.24) is 14.5 Å². The summed E-state index contributed by atoms with van der Waals surface area (Å²) in [5.74, 6) is -1.60. The highest BCUT2D eigenvalue weighted by atomic mass is 35.5. The standard InChI is InChI=1S/C27H30ClFN4O4S/c1-30-27(35)25(17-20-9-5-4-6-10-20)32(18-21-11-7-8-12-24(21)28)26(34)19-33(38(36,37)31(2)3)23-15-13-22(29)14-16-23/h4-16,25H,17-19H2,1-3H3,(H,30,35). The van der Waals surface area contributed by atoms with Gasteiger partial charge in [-0.2, -0.15) is 12.7 Å². The van der Waals surface area contributed by atoms with Crippen LogP contribution in [0.4, 0.5) is 10.1 Å². The maximum absolute atomic E-state index is 13.9. The predicted molar refractivity (Wildman–Crippen MR) is 146 cm³/mol. The SMILES string of the molecule is CNC(=O)C(Cc1ccccc1)N(Cc1ccccc1Cl)C(=O)CN(c1ccc(F)cc1)S(=O)(=O)N(C)C. The maximum atomic E-state index is 13.9. The van der Waals surface area contributed by atoms with E-state index in [0.29, 0.717) is 10.6 Å². The largest absolute Gasteiger partial charge is 0.357 e. The van der Waals surface area contributed by atoms with Crippen LogP contribution >= 0.6 is 11.6 Å². The molecule has 1 N–H and O–H groups in total. The molecule has 0 heterocycles. The normalized spacial score (nSPS) is 12.2. The van der Waals surface area contributed by atoms with Gasteiger partial charge in [-0.3, -0.25) is 9.59 Å². The summed E-state index contributed by atoms with van der Waals surface area (Å²) in [6.07, 6.45) is 0.188. The average molecular weight is 561 g/mol. The van der Waals surface area contributed by atoms with Crippen molar-refractivity contribution < 1.29 is 22.4 Å².